The van der Waals surface area contributed by atoms with Crippen LogP contribution in [0.4, 0.5) is 5.95 Å². The van der Waals surface area contributed by atoms with Crippen LogP contribution in [-0.4, -0.2) is 40.0 Å². The van der Waals surface area contributed by atoms with Crippen molar-refractivity contribution in [2.45, 2.75) is 26.3 Å². The monoisotopic (exact) mass is 266 g/mol. The van der Waals surface area contributed by atoms with Crippen LogP contribution in [0.1, 0.15) is 17.8 Å². The number of carbonyl (C=O) groups excluding carboxylic acids is 1. The SMILES string of the molecule is Cc1cc(C)nc(NC(=O)CC2CSCCN2)n1. The number of anilines is 1. The van der Waals surface area contributed by atoms with Crippen molar-refractivity contribution in [3.05, 3.63) is 17.5 Å². The molecule has 0 aromatic carbocycles. The van der Waals surface area contributed by atoms with Gasteiger partial charge >= 0.3 is 0 Å². The Morgan fingerprint density at radius 1 is 1.50 bits per heavy atom. The van der Waals surface area contributed by atoms with Gasteiger partial charge in [-0.15, -0.1) is 0 Å². The number of hydrogen-bond acceptors (Lipinski definition) is 5. The Bertz CT molecular complexity index is 412. The molecular weight excluding hydrogens is 248 g/mol. The molecule has 0 bridgehead atoms. The maximum absolute atomic E-state index is 11.9. The van der Waals surface area contributed by atoms with Crippen molar-refractivity contribution >= 4 is 23.6 Å². The van der Waals surface area contributed by atoms with E-state index in [2.05, 4.69) is 20.6 Å². The molecule has 2 heterocycles. The summed E-state index contributed by atoms with van der Waals surface area (Å²) in [6, 6.07) is 2.14. The minimum atomic E-state index is -0.0278. The fourth-order valence-electron chi connectivity index (χ4n) is 1.93. The zero-order valence-corrected chi connectivity index (χ0v) is 11.5. The van der Waals surface area contributed by atoms with E-state index in [1.165, 1.54) is 0 Å². The van der Waals surface area contributed by atoms with Gasteiger partial charge in [0.05, 0.1) is 0 Å². The zero-order valence-electron chi connectivity index (χ0n) is 10.7. The molecule has 2 N–H and O–H groups in total. The molecule has 1 atom stereocenters. The molecule has 1 aliphatic heterocycles. The Balaban J connectivity index is 1.89. The lowest BCUT2D eigenvalue weighted by Crippen LogP contribution is -2.40. The number of nitrogens with one attached hydrogen (secondary N) is 2. The van der Waals surface area contributed by atoms with E-state index in [0.29, 0.717) is 12.4 Å². The number of aromatic nitrogens is 2. The first kappa shape index (κ1) is 13.3. The topological polar surface area (TPSA) is 66.9 Å². The van der Waals surface area contributed by atoms with Gasteiger partial charge in [-0.2, -0.15) is 11.8 Å². The second kappa shape index (κ2) is 6.15. The molecule has 0 spiro atoms. The Morgan fingerprint density at radius 3 is 2.83 bits per heavy atom. The molecule has 5 nitrogen and oxygen atoms in total. The number of nitrogens with zero attached hydrogens (tertiary/aromatic N) is 2. The van der Waals surface area contributed by atoms with Gasteiger partial charge in [-0.1, -0.05) is 0 Å². The molecule has 1 aromatic rings. The van der Waals surface area contributed by atoms with Crippen LogP contribution >= 0.6 is 11.8 Å². The molecule has 1 aromatic heterocycles. The van der Waals surface area contributed by atoms with E-state index in [1.54, 1.807) is 0 Å². The molecule has 0 aliphatic carbocycles. The van der Waals surface area contributed by atoms with E-state index in [1.807, 2.05) is 31.7 Å². The third-order valence-corrected chi connectivity index (χ3v) is 3.79. The van der Waals surface area contributed by atoms with Crippen molar-refractivity contribution in [1.82, 2.24) is 15.3 Å². The molecule has 1 unspecified atom stereocenters. The summed E-state index contributed by atoms with van der Waals surface area (Å²) in [6.45, 7) is 4.76. The van der Waals surface area contributed by atoms with Crippen molar-refractivity contribution in [3.63, 3.8) is 0 Å². The fraction of sp³-hybridized carbons (Fsp3) is 0.583. The predicted octanol–water partition coefficient (Wildman–Crippen LogP) is 1.13. The van der Waals surface area contributed by atoms with Crippen LogP contribution in [0.2, 0.25) is 0 Å². The lowest BCUT2D eigenvalue weighted by Gasteiger charge is -2.22. The highest BCUT2D eigenvalue weighted by atomic mass is 32.2. The van der Waals surface area contributed by atoms with Gasteiger partial charge in [0, 0.05) is 41.9 Å². The number of rotatable bonds is 3. The van der Waals surface area contributed by atoms with Gasteiger partial charge in [0.25, 0.3) is 0 Å². The predicted molar refractivity (Wildman–Crippen MR) is 73.9 cm³/mol. The molecule has 1 aliphatic rings. The van der Waals surface area contributed by atoms with Gasteiger partial charge in [-0.05, 0) is 19.9 Å². The van der Waals surface area contributed by atoms with E-state index in [9.17, 15) is 4.79 Å². The summed E-state index contributed by atoms with van der Waals surface area (Å²) in [7, 11) is 0. The van der Waals surface area contributed by atoms with Crippen LogP contribution in [0.5, 0.6) is 0 Å². The van der Waals surface area contributed by atoms with Gasteiger partial charge in [0.1, 0.15) is 0 Å². The van der Waals surface area contributed by atoms with Gasteiger partial charge in [-0.25, -0.2) is 9.97 Å². The third-order valence-electron chi connectivity index (χ3n) is 2.66. The van der Waals surface area contributed by atoms with Gasteiger partial charge in [-0.3, -0.25) is 10.1 Å². The largest absolute Gasteiger partial charge is 0.312 e. The third kappa shape index (κ3) is 3.96. The molecule has 1 amide bonds. The second-order valence-electron chi connectivity index (χ2n) is 4.45. The maximum Gasteiger partial charge on any atom is 0.229 e. The molecule has 98 valence electrons. The van der Waals surface area contributed by atoms with Crippen LogP contribution in [0.15, 0.2) is 6.07 Å². The van der Waals surface area contributed by atoms with E-state index in [-0.39, 0.29) is 11.9 Å². The molecule has 18 heavy (non-hydrogen) atoms. The first-order valence-corrected chi connectivity index (χ1v) is 7.22. The average molecular weight is 266 g/mol. The van der Waals surface area contributed by atoms with Gasteiger partial charge in [0.15, 0.2) is 0 Å². The first-order chi connectivity index (χ1) is 8.63. The lowest BCUT2D eigenvalue weighted by molar-refractivity contribution is -0.116. The molecular formula is C12H18N4OS. The molecule has 1 saturated heterocycles. The minimum absolute atomic E-state index is 0.0278. The summed E-state index contributed by atoms with van der Waals surface area (Å²) >= 11 is 1.88. The van der Waals surface area contributed by atoms with Gasteiger partial charge < -0.3 is 5.32 Å². The van der Waals surface area contributed by atoms with Crippen LogP contribution in [-0.2, 0) is 4.79 Å². The number of aryl methyl sites for hydroxylation is 2. The van der Waals surface area contributed by atoms with Crippen molar-refractivity contribution in [3.8, 4) is 0 Å². The van der Waals surface area contributed by atoms with Crippen LogP contribution < -0.4 is 10.6 Å². The highest BCUT2D eigenvalue weighted by molar-refractivity contribution is 7.99. The smallest absolute Gasteiger partial charge is 0.229 e. The normalized spacial score (nSPS) is 19.6. The summed E-state index contributed by atoms with van der Waals surface area (Å²) in [5.41, 5.74) is 1.73. The summed E-state index contributed by atoms with van der Waals surface area (Å²) < 4.78 is 0. The first-order valence-electron chi connectivity index (χ1n) is 6.07. The Labute approximate surface area is 111 Å². The average Bonchev–Trinajstić information content (AvgIpc) is 2.28. The van der Waals surface area contributed by atoms with Crippen LogP contribution in [0.25, 0.3) is 0 Å². The highest BCUT2D eigenvalue weighted by Gasteiger charge is 2.17. The summed E-state index contributed by atoms with van der Waals surface area (Å²) in [5.74, 6) is 2.49. The quantitative estimate of drug-likeness (QED) is 0.858. The highest BCUT2D eigenvalue weighted by Crippen LogP contribution is 2.11. The van der Waals surface area contributed by atoms with E-state index < -0.39 is 0 Å². The number of carbonyl (C=O) groups is 1. The fourth-order valence-corrected chi connectivity index (χ4v) is 2.88. The number of thioether (sulfide) groups is 1. The Hall–Kier alpha value is -1.14. The standard InChI is InChI=1S/C12H18N4OS/c1-8-5-9(2)15-12(14-8)16-11(17)6-10-7-18-4-3-13-10/h5,10,13H,3-4,6-7H2,1-2H3,(H,14,15,16,17). The van der Waals surface area contributed by atoms with E-state index in [0.717, 1.165) is 29.4 Å². The van der Waals surface area contributed by atoms with Crippen molar-refractivity contribution in [1.29, 1.82) is 0 Å². The van der Waals surface area contributed by atoms with Crippen molar-refractivity contribution in [2.24, 2.45) is 0 Å². The summed E-state index contributed by atoms with van der Waals surface area (Å²) in [6.07, 6.45) is 0.476. The number of amides is 1. The van der Waals surface area contributed by atoms with Crippen molar-refractivity contribution < 1.29 is 4.79 Å². The molecule has 0 radical (unpaired) electrons. The number of hydrogen-bond donors (Lipinski definition) is 2. The van der Waals surface area contributed by atoms with Gasteiger partial charge in [0.2, 0.25) is 11.9 Å². The van der Waals surface area contributed by atoms with E-state index >= 15 is 0 Å². The maximum atomic E-state index is 11.9. The lowest BCUT2D eigenvalue weighted by atomic mass is 10.2. The molecule has 6 heteroatoms. The second-order valence-corrected chi connectivity index (χ2v) is 5.60. The molecule has 2 rings (SSSR count). The van der Waals surface area contributed by atoms with Crippen LogP contribution in [0, 0.1) is 13.8 Å². The summed E-state index contributed by atoms with van der Waals surface area (Å²) in [4.78, 5) is 20.3. The molecule has 1 fully saturated rings. The van der Waals surface area contributed by atoms with E-state index in [4.69, 9.17) is 0 Å². The van der Waals surface area contributed by atoms with Crippen molar-refractivity contribution in [2.75, 3.05) is 23.4 Å². The molecule has 0 saturated carbocycles. The van der Waals surface area contributed by atoms with Crippen LogP contribution in [0.3, 0.4) is 0 Å². The Kier molecular flexibility index (Phi) is 4.54. The summed E-state index contributed by atoms with van der Waals surface area (Å²) in [5, 5.41) is 6.10. The Morgan fingerprint density at radius 2 is 2.22 bits per heavy atom. The zero-order chi connectivity index (χ0) is 13.0. The minimum Gasteiger partial charge on any atom is -0.312 e.